The lowest BCUT2D eigenvalue weighted by molar-refractivity contribution is -0.141. The lowest BCUT2D eigenvalue weighted by Gasteiger charge is -2.12. The molecule has 1 amide bonds. The van der Waals surface area contributed by atoms with Crippen molar-refractivity contribution >= 4 is 32.4 Å². The molecule has 0 saturated heterocycles. The second-order valence-electron chi connectivity index (χ2n) is 7.19. The molecule has 13 heteroatoms. The molecule has 168 valence electrons. The summed E-state index contributed by atoms with van der Waals surface area (Å²) in [6.07, 6.45) is -1.54. The summed E-state index contributed by atoms with van der Waals surface area (Å²) in [6, 6.07) is 4.29. The number of nitrogens with zero attached hydrogens (tertiary/aromatic N) is 3. The van der Waals surface area contributed by atoms with Gasteiger partial charge in [0.15, 0.2) is 10.8 Å². The van der Waals surface area contributed by atoms with Crippen LogP contribution in [0.1, 0.15) is 40.2 Å². The Morgan fingerprint density at radius 1 is 1.22 bits per heavy atom. The zero-order valence-electron chi connectivity index (χ0n) is 16.3. The average molecular weight is 483 g/mol. The zero-order valence-corrected chi connectivity index (χ0v) is 17.9. The molecule has 3 N–H and O–H groups in total. The maximum atomic E-state index is 13.1. The van der Waals surface area contributed by atoms with E-state index in [9.17, 15) is 26.4 Å². The lowest BCUT2D eigenvalue weighted by Crippen LogP contribution is -2.17. The molecule has 8 nitrogen and oxygen atoms in total. The summed E-state index contributed by atoms with van der Waals surface area (Å²) in [4.78, 5) is 23.2. The van der Waals surface area contributed by atoms with Crippen LogP contribution in [0.3, 0.4) is 0 Å². The number of amides is 1. The molecule has 0 spiro atoms. The second-order valence-corrected chi connectivity index (χ2v) is 10.0. The van der Waals surface area contributed by atoms with Crippen LogP contribution in [0.4, 0.5) is 18.3 Å². The molecule has 0 radical (unpaired) electrons. The number of nitrogens with one attached hydrogen (secondary N) is 1. The van der Waals surface area contributed by atoms with Crippen molar-refractivity contribution in [3.63, 3.8) is 0 Å². The van der Waals surface area contributed by atoms with Gasteiger partial charge in [0, 0.05) is 22.9 Å². The molecule has 3 aromatic rings. The Morgan fingerprint density at radius 3 is 2.62 bits per heavy atom. The monoisotopic (exact) mass is 483 g/mol. The molecule has 1 aliphatic rings. The summed E-state index contributed by atoms with van der Waals surface area (Å²) in [5.41, 5.74) is 5.56. The van der Waals surface area contributed by atoms with Gasteiger partial charge in [-0.25, -0.2) is 18.4 Å². The Bertz CT molecular complexity index is 1290. The highest BCUT2D eigenvalue weighted by atomic mass is 32.2. The number of nitrogens with two attached hydrogens (primary N) is 1. The fourth-order valence-corrected chi connectivity index (χ4v) is 5.30. The lowest BCUT2D eigenvalue weighted by atomic mass is 9.98. The highest BCUT2D eigenvalue weighted by molar-refractivity contribution is 7.93. The highest BCUT2D eigenvalue weighted by Crippen LogP contribution is 2.32. The predicted molar refractivity (Wildman–Crippen MR) is 111 cm³/mol. The molecule has 4 rings (SSSR count). The SMILES string of the molecule is NC(=O)c1ccc(-c2cncc(C(F)(F)F)n2)c(Cc2csc(NS(=O)(=O)C3CC3)n2)c1. The fourth-order valence-electron chi connectivity index (χ4n) is 2.99. The third-order valence-corrected chi connectivity index (χ3v) is 7.47. The molecule has 1 aromatic carbocycles. The minimum atomic E-state index is -4.67. The third-order valence-electron chi connectivity index (χ3n) is 4.71. The molecule has 32 heavy (non-hydrogen) atoms. The maximum Gasteiger partial charge on any atom is 0.434 e. The summed E-state index contributed by atoms with van der Waals surface area (Å²) in [5, 5.41) is 1.41. The number of aromatic nitrogens is 3. The van der Waals surface area contributed by atoms with Crippen molar-refractivity contribution in [2.24, 2.45) is 5.73 Å². The summed E-state index contributed by atoms with van der Waals surface area (Å²) in [5.74, 6) is -0.705. The molecule has 1 saturated carbocycles. The molecule has 2 heterocycles. The summed E-state index contributed by atoms with van der Waals surface area (Å²) in [7, 11) is -3.48. The van der Waals surface area contributed by atoms with Gasteiger partial charge < -0.3 is 5.73 Å². The molecular weight excluding hydrogens is 467 g/mol. The van der Waals surface area contributed by atoms with Crippen LogP contribution in [0.2, 0.25) is 0 Å². The minimum absolute atomic E-state index is 0.0317. The van der Waals surface area contributed by atoms with Crippen LogP contribution >= 0.6 is 11.3 Å². The minimum Gasteiger partial charge on any atom is -0.366 e. The van der Waals surface area contributed by atoms with Crippen LogP contribution in [0, 0.1) is 0 Å². The molecule has 0 bridgehead atoms. The van der Waals surface area contributed by atoms with Gasteiger partial charge in [0.05, 0.1) is 29.0 Å². The van der Waals surface area contributed by atoms with Crippen LogP contribution in [0.15, 0.2) is 36.0 Å². The van der Waals surface area contributed by atoms with Crippen LogP contribution in [0.25, 0.3) is 11.3 Å². The van der Waals surface area contributed by atoms with E-state index in [1.54, 1.807) is 5.38 Å². The smallest absolute Gasteiger partial charge is 0.366 e. The average Bonchev–Trinajstić information content (AvgIpc) is 3.50. The van der Waals surface area contributed by atoms with E-state index in [-0.39, 0.29) is 22.8 Å². The van der Waals surface area contributed by atoms with E-state index in [0.717, 1.165) is 11.3 Å². The van der Waals surface area contributed by atoms with Gasteiger partial charge in [0.25, 0.3) is 0 Å². The number of alkyl halides is 3. The Kier molecular flexibility index (Phi) is 5.63. The third kappa shape index (κ3) is 4.88. The van der Waals surface area contributed by atoms with E-state index in [4.69, 9.17) is 5.73 Å². The number of thiazole rings is 1. The van der Waals surface area contributed by atoms with Crippen LogP contribution in [-0.4, -0.2) is 34.5 Å². The van der Waals surface area contributed by atoms with Crippen molar-refractivity contribution in [1.82, 2.24) is 15.0 Å². The quantitative estimate of drug-likeness (QED) is 0.531. The van der Waals surface area contributed by atoms with E-state index in [1.165, 1.54) is 24.4 Å². The number of hydrogen-bond acceptors (Lipinski definition) is 7. The number of hydrogen-bond donors (Lipinski definition) is 2. The number of benzene rings is 1. The summed E-state index contributed by atoms with van der Waals surface area (Å²) >= 11 is 1.09. The van der Waals surface area contributed by atoms with Crippen molar-refractivity contribution in [2.75, 3.05) is 4.72 Å². The normalized spacial score (nSPS) is 14.3. The van der Waals surface area contributed by atoms with Crippen molar-refractivity contribution in [3.8, 4) is 11.3 Å². The van der Waals surface area contributed by atoms with Crippen molar-refractivity contribution in [2.45, 2.75) is 30.7 Å². The van der Waals surface area contributed by atoms with Gasteiger partial charge in [-0.15, -0.1) is 11.3 Å². The zero-order chi connectivity index (χ0) is 23.1. The van der Waals surface area contributed by atoms with E-state index in [0.29, 0.717) is 35.9 Å². The van der Waals surface area contributed by atoms with E-state index in [1.807, 2.05) is 0 Å². The van der Waals surface area contributed by atoms with Gasteiger partial charge in [-0.05, 0) is 30.5 Å². The highest BCUT2D eigenvalue weighted by Gasteiger charge is 2.36. The maximum absolute atomic E-state index is 13.1. The summed E-state index contributed by atoms with van der Waals surface area (Å²) in [6.45, 7) is 0. The fraction of sp³-hybridized carbons (Fsp3) is 0.263. The first-order chi connectivity index (χ1) is 15.0. The van der Waals surface area contributed by atoms with Gasteiger partial charge in [0.2, 0.25) is 15.9 Å². The van der Waals surface area contributed by atoms with E-state index in [2.05, 4.69) is 19.7 Å². The number of sulfonamides is 1. The van der Waals surface area contributed by atoms with Gasteiger partial charge >= 0.3 is 6.18 Å². The van der Waals surface area contributed by atoms with Gasteiger partial charge in [-0.1, -0.05) is 6.07 Å². The standard InChI is InChI=1S/C19H16F3N5O3S2/c20-19(21,22)16-8-24-7-15(26-16)14-4-1-10(17(23)28)5-11(14)6-12-9-31-18(25-12)27-32(29,30)13-2-3-13/h1,4-5,7-9,13H,2-3,6H2,(H2,23,28)(H,25,27). The van der Waals surface area contributed by atoms with Crippen LogP contribution < -0.4 is 10.5 Å². The Balaban J connectivity index is 1.67. The van der Waals surface area contributed by atoms with Gasteiger partial charge in [-0.2, -0.15) is 13.2 Å². The number of carbonyl (C=O) groups excluding carboxylic acids is 1. The number of primary amides is 1. The largest absolute Gasteiger partial charge is 0.434 e. The van der Waals surface area contributed by atoms with E-state index >= 15 is 0 Å². The van der Waals surface area contributed by atoms with Crippen molar-refractivity contribution in [3.05, 3.63) is 58.5 Å². The molecule has 0 aliphatic heterocycles. The Morgan fingerprint density at radius 2 is 1.97 bits per heavy atom. The predicted octanol–water partition coefficient (Wildman–Crippen LogP) is 3.21. The van der Waals surface area contributed by atoms with Crippen molar-refractivity contribution in [1.29, 1.82) is 0 Å². The Hall–Kier alpha value is -3.06. The molecule has 0 unspecified atom stereocenters. The number of anilines is 1. The molecule has 1 aliphatic carbocycles. The molecule has 2 aromatic heterocycles. The molecule has 1 fully saturated rings. The summed E-state index contributed by atoms with van der Waals surface area (Å²) < 4.78 is 65.9. The first kappa shape index (κ1) is 22.1. The first-order valence-corrected chi connectivity index (χ1v) is 11.7. The van der Waals surface area contributed by atoms with Crippen LogP contribution in [0.5, 0.6) is 0 Å². The number of carbonyl (C=O) groups is 1. The molecule has 0 atom stereocenters. The Labute approximate surface area is 184 Å². The number of rotatable bonds is 7. The van der Waals surface area contributed by atoms with Crippen molar-refractivity contribution < 1.29 is 26.4 Å². The first-order valence-electron chi connectivity index (χ1n) is 9.31. The number of halogens is 3. The topological polar surface area (TPSA) is 128 Å². The van der Waals surface area contributed by atoms with Crippen LogP contribution in [-0.2, 0) is 22.6 Å². The van der Waals surface area contributed by atoms with Gasteiger partial charge in [-0.3, -0.25) is 14.5 Å². The van der Waals surface area contributed by atoms with Gasteiger partial charge in [0.1, 0.15) is 0 Å². The molecular formula is C19H16F3N5O3S2. The second kappa shape index (κ2) is 8.13. The van der Waals surface area contributed by atoms with E-state index < -0.39 is 33.1 Å².